The standard InChI is InChI=1S/C15H19N3O2S.C2H6/c1-11-4-5-12-13(10-11)21-14(16-12)17-15(19)20-9-8-18-6-2-3-7-18;1-2/h4-5,10H,2-3,6-9H2,1H3,(H,16,17,19);1-2H3. The number of benzene rings is 1. The van der Waals surface area contributed by atoms with Crippen LogP contribution in [0.5, 0.6) is 0 Å². The second-order valence-electron chi connectivity index (χ2n) is 5.30. The number of aromatic nitrogens is 1. The van der Waals surface area contributed by atoms with E-state index in [-0.39, 0.29) is 0 Å². The van der Waals surface area contributed by atoms with Crippen molar-refractivity contribution in [2.45, 2.75) is 33.6 Å². The first-order chi connectivity index (χ1) is 11.2. The van der Waals surface area contributed by atoms with Gasteiger partial charge in [0.25, 0.3) is 0 Å². The molecule has 6 heteroatoms. The van der Waals surface area contributed by atoms with Crippen molar-refractivity contribution < 1.29 is 9.53 Å². The summed E-state index contributed by atoms with van der Waals surface area (Å²) in [5.74, 6) is 0. The number of nitrogens with zero attached hydrogens (tertiary/aromatic N) is 2. The van der Waals surface area contributed by atoms with Gasteiger partial charge in [0.15, 0.2) is 5.13 Å². The lowest BCUT2D eigenvalue weighted by molar-refractivity contribution is 0.146. The van der Waals surface area contributed by atoms with Gasteiger partial charge in [0, 0.05) is 6.54 Å². The smallest absolute Gasteiger partial charge is 0.413 e. The highest BCUT2D eigenvalue weighted by atomic mass is 32.1. The molecule has 1 saturated heterocycles. The van der Waals surface area contributed by atoms with Crippen LogP contribution in [0.2, 0.25) is 0 Å². The zero-order valence-corrected chi connectivity index (χ0v) is 14.9. The molecule has 1 aromatic carbocycles. The molecule has 0 aliphatic carbocycles. The third-order valence-electron chi connectivity index (χ3n) is 3.59. The molecule has 1 aliphatic heterocycles. The number of anilines is 1. The fourth-order valence-corrected chi connectivity index (χ4v) is 3.43. The summed E-state index contributed by atoms with van der Waals surface area (Å²) < 4.78 is 6.27. The Kier molecular flexibility index (Phi) is 6.80. The second kappa shape index (κ2) is 8.84. The molecule has 0 saturated carbocycles. The van der Waals surface area contributed by atoms with Gasteiger partial charge in [0.2, 0.25) is 0 Å². The Labute approximate surface area is 141 Å². The van der Waals surface area contributed by atoms with E-state index in [2.05, 4.69) is 21.3 Å². The predicted molar refractivity (Wildman–Crippen MR) is 96.3 cm³/mol. The summed E-state index contributed by atoms with van der Waals surface area (Å²) in [5, 5.41) is 3.29. The molecule has 5 nitrogen and oxygen atoms in total. The monoisotopic (exact) mass is 335 g/mol. The van der Waals surface area contributed by atoms with Crippen LogP contribution in [0.25, 0.3) is 10.2 Å². The number of hydrogen-bond donors (Lipinski definition) is 1. The van der Waals surface area contributed by atoms with Gasteiger partial charge in [-0.3, -0.25) is 10.2 Å². The van der Waals surface area contributed by atoms with E-state index in [0.717, 1.165) is 29.9 Å². The number of likely N-dealkylation sites (tertiary alicyclic amines) is 1. The van der Waals surface area contributed by atoms with Gasteiger partial charge in [-0.25, -0.2) is 9.78 Å². The first-order valence-corrected chi connectivity index (χ1v) is 9.06. The molecule has 1 fully saturated rings. The van der Waals surface area contributed by atoms with Crippen LogP contribution in [0.3, 0.4) is 0 Å². The highest BCUT2D eigenvalue weighted by Crippen LogP contribution is 2.26. The minimum atomic E-state index is -0.426. The molecule has 3 rings (SSSR count). The molecular formula is C17H25N3O2S. The van der Waals surface area contributed by atoms with Gasteiger partial charge in [-0.1, -0.05) is 31.3 Å². The summed E-state index contributed by atoms with van der Waals surface area (Å²) in [4.78, 5) is 18.4. The fourth-order valence-electron chi connectivity index (χ4n) is 2.48. The molecule has 1 aliphatic rings. The summed E-state index contributed by atoms with van der Waals surface area (Å²) >= 11 is 1.47. The van der Waals surface area contributed by atoms with Gasteiger partial charge in [-0.05, 0) is 50.6 Å². The maximum atomic E-state index is 11.7. The number of aryl methyl sites for hydroxylation is 1. The van der Waals surface area contributed by atoms with Crippen molar-refractivity contribution in [3.05, 3.63) is 23.8 Å². The van der Waals surface area contributed by atoms with Crippen molar-refractivity contribution in [3.63, 3.8) is 0 Å². The van der Waals surface area contributed by atoms with Crippen LogP contribution in [-0.2, 0) is 4.74 Å². The average Bonchev–Trinajstić information content (AvgIpc) is 3.18. The van der Waals surface area contributed by atoms with Crippen molar-refractivity contribution in [2.24, 2.45) is 0 Å². The number of ether oxygens (including phenoxy) is 1. The third kappa shape index (κ3) is 5.18. The molecule has 0 bridgehead atoms. The molecule has 2 heterocycles. The first kappa shape index (κ1) is 17.7. The highest BCUT2D eigenvalue weighted by molar-refractivity contribution is 7.22. The Morgan fingerprint density at radius 1 is 1.35 bits per heavy atom. The van der Waals surface area contributed by atoms with E-state index in [9.17, 15) is 4.79 Å². The average molecular weight is 335 g/mol. The summed E-state index contributed by atoms with van der Waals surface area (Å²) in [6, 6.07) is 6.04. The highest BCUT2D eigenvalue weighted by Gasteiger charge is 2.13. The molecular weight excluding hydrogens is 310 g/mol. The maximum Gasteiger partial charge on any atom is 0.413 e. The number of fused-ring (bicyclic) bond motifs is 1. The van der Waals surface area contributed by atoms with Crippen LogP contribution >= 0.6 is 11.3 Å². The molecule has 0 unspecified atom stereocenters. The minimum absolute atomic E-state index is 0.426. The molecule has 2 aromatic rings. The quantitative estimate of drug-likeness (QED) is 0.906. The minimum Gasteiger partial charge on any atom is -0.448 e. The zero-order chi connectivity index (χ0) is 16.7. The van der Waals surface area contributed by atoms with Crippen LogP contribution in [0.4, 0.5) is 9.93 Å². The van der Waals surface area contributed by atoms with E-state index in [1.807, 2.05) is 32.9 Å². The first-order valence-electron chi connectivity index (χ1n) is 8.24. The number of hydrogen-bond acceptors (Lipinski definition) is 5. The maximum absolute atomic E-state index is 11.7. The Morgan fingerprint density at radius 2 is 2.09 bits per heavy atom. The van der Waals surface area contributed by atoms with E-state index in [0.29, 0.717) is 11.7 Å². The van der Waals surface area contributed by atoms with Gasteiger partial charge in [0.1, 0.15) is 6.61 Å². The number of nitrogens with one attached hydrogen (secondary N) is 1. The summed E-state index contributed by atoms with van der Waals surface area (Å²) in [6.45, 7) is 9.51. The largest absolute Gasteiger partial charge is 0.448 e. The number of carbonyl (C=O) groups is 1. The number of amides is 1. The van der Waals surface area contributed by atoms with Gasteiger partial charge in [-0.15, -0.1) is 0 Å². The number of thiazole rings is 1. The molecule has 23 heavy (non-hydrogen) atoms. The third-order valence-corrected chi connectivity index (χ3v) is 4.53. The molecule has 0 atom stereocenters. The lowest BCUT2D eigenvalue weighted by Crippen LogP contribution is -2.26. The zero-order valence-electron chi connectivity index (χ0n) is 14.1. The number of carbonyl (C=O) groups excluding carboxylic acids is 1. The van der Waals surface area contributed by atoms with Crippen molar-refractivity contribution in [1.29, 1.82) is 0 Å². The topological polar surface area (TPSA) is 54.5 Å². The Hall–Kier alpha value is -1.66. The molecule has 1 N–H and O–H groups in total. The van der Waals surface area contributed by atoms with Crippen LogP contribution in [0.15, 0.2) is 18.2 Å². The molecule has 0 spiro atoms. The van der Waals surface area contributed by atoms with E-state index < -0.39 is 6.09 Å². The predicted octanol–water partition coefficient (Wildman–Crippen LogP) is 4.28. The molecule has 1 amide bonds. The number of rotatable bonds is 4. The van der Waals surface area contributed by atoms with Gasteiger partial charge >= 0.3 is 6.09 Å². The lowest BCUT2D eigenvalue weighted by atomic mass is 10.2. The lowest BCUT2D eigenvalue weighted by Gasteiger charge is -2.13. The Bertz CT molecular complexity index is 636. The van der Waals surface area contributed by atoms with Crippen LogP contribution in [-0.4, -0.2) is 42.2 Å². The SMILES string of the molecule is CC.Cc1ccc2nc(NC(=O)OCCN3CCCC3)sc2c1. The van der Waals surface area contributed by atoms with E-state index >= 15 is 0 Å². The summed E-state index contributed by atoms with van der Waals surface area (Å²) in [5.41, 5.74) is 2.09. The van der Waals surface area contributed by atoms with Crippen molar-refractivity contribution in [2.75, 3.05) is 31.6 Å². The van der Waals surface area contributed by atoms with Gasteiger partial charge in [0.05, 0.1) is 10.2 Å². The van der Waals surface area contributed by atoms with Crippen LogP contribution in [0.1, 0.15) is 32.3 Å². The molecule has 1 aromatic heterocycles. The molecule has 0 radical (unpaired) electrons. The normalized spacial score (nSPS) is 14.4. The van der Waals surface area contributed by atoms with Crippen molar-refractivity contribution in [3.8, 4) is 0 Å². The van der Waals surface area contributed by atoms with Gasteiger partial charge < -0.3 is 4.74 Å². The van der Waals surface area contributed by atoms with Crippen molar-refractivity contribution in [1.82, 2.24) is 9.88 Å². The second-order valence-corrected chi connectivity index (χ2v) is 6.33. The van der Waals surface area contributed by atoms with E-state index in [1.54, 1.807) is 0 Å². The fraction of sp³-hybridized carbons (Fsp3) is 0.529. The van der Waals surface area contributed by atoms with Gasteiger partial charge in [-0.2, -0.15) is 0 Å². The van der Waals surface area contributed by atoms with Crippen LogP contribution in [0, 0.1) is 6.92 Å². The Balaban J connectivity index is 0.000000924. The van der Waals surface area contributed by atoms with Crippen molar-refractivity contribution >= 4 is 32.8 Å². The Morgan fingerprint density at radius 3 is 2.83 bits per heavy atom. The van der Waals surface area contributed by atoms with E-state index in [1.165, 1.54) is 29.7 Å². The summed E-state index contributed by atoms with van der Waals surface area (Å²) in [7, 11) is 0. The van der Waals surface area contributed by atoms with Crippen LogP contribution < -0.4 is 5.32 Å². The molecule has 126 valence electrons. The summed E-state index contributed by atoms with van der Waals surface area (Å²) in [6.07, 6.45) is 2.07. The van der Waals surface area contributed by atoms with E-state index in [4.69, 9.17) is 4.74 Å².